The van der Waals surface area contributed by atoms with Crippen molar-refractivity contribution in [1.29, 1.82) is 0 Å². The number of ether oxygens (including phenoxy) is 1. The molecule has 0 spiro atoms. The average Bonchev–Trinajstić information content (AvgIpc) is 2.75. The minimum atomic E-state index is -0.822. The van der Waals surface area contributed by atoms with E-state index in [9.17, 15) is 4.79 Å². The largest absolute Gasteiger partial charge is 0.480 e. The molecular weight excluding hydrogens is 295 g/mol. The van der Waals surface area contributed by atoms with Crippen LogP contribution in [0.4, 0.5) is 0 Å². The maximum absolute atomic E-state index is 10.9. The molecule has 0 saturated carbocycles. The Morgan fingerprint density at radius 2 is 2.26 bits per heavy atom. The summed E-state index contributed by atoms with van der Waals surface area (Å²) in [7, 11) is 0. The van der Waals surface area contributed by atoms with Crippen molar-refractivity contribution in [3.63, 3.8) is 0 Å². The number of nitrogens with zero attached hydrogens (tertiary/aromatic N) is 3. The first-order chi connectivity index (χ1) is 8.08. The van der Waals surface area contributed by atoms with Crippen molar-refractivity contribution in [3.8, 4) is 0 Å². The minimum absolute atomic E-state index is 0. The van der Waals surface area contributed by atoms with Crippen LogP contribution in [-0.4, -0.2) is 56.9 Å². The molecule has 9 heteroatoms. The molecule has 0 aliphatic carbocycles. The third kappa shape index (κ3) is 4.31. The van der Waals surface area contributed by atoms with E-state index in [1.807, 2.05) is 11.8 Å². The molecule has 2 heterocycles. The summed E-state index contributed by atoms with van der Waals surface area (Å²) in [6.45, 7) is 5.11. The molecule has 19 heavy (non-hydrogen) atoms. The van der Waals surface area contributed by atoms with Crippen molar-refractivity contribution in [1.82, 2.24) is 20.1 Å². The molecule has 2 atom stereocenters. The average molecular weight is 313 g/mol. The molecule has 2 unspecified atom stereocenters. The lowest BCUT2D eigenvalue weighted by atomic mass is 10.2. The van der Waals surface area contributed by atoms with Gasteiger partial charge in [0.1, 0.15) is 18.0 Å². The van der Waals surface area contributed by atoms with Gasteiger partial charge in [0.25, 0.3) is 0 Å². The fourth-order valence-corrected chi connectivity index (χ4v) is 1.84. The highest BCUT2D eigenvalue weighted by atomic mass is 35.5. The third-order valence-electron chi connectivity index (χ3n) is 2.91. The molecule has 1 aliphatic rings. The highest BCUT2D eigenvalue weighted by molar-refractivity contribution is 5.85. The van der Waals surface area contributed by atoms with E-state index < -0.39 is 12.0 Å². The summed E-state index contributed by atoms with van der Waals surface area (Å²) in [4.78, 5) is 17.0. The molecule has 0 amide bonds. The molecule has 2 N–H and O–H groups in total. The van der Waals surface area contributed by atoms with Crippen LogP contribution in [0, 0.1) is 6.92 Å². The van der Waals surface area contributed by atoms with E-state index in [1.165, 1.54) is 0 Å². The van der Waals surface area contributed by atoms with Gasteiger partial charge in [-0.1, -0.05) is 0 Å². The van der Waals surface area contributed by atoms with Crippen LogP contribution < -0.4 is 0 Å². The van der Waals surface area contributed by atoms with Gasteiger partial charge in [-0.3, -0.25) is 14.8 Å². The topological polar surface area (TPSA) is 91.3 Å². The van der Waals surface area contributed by atoms with Gasteiger partial charge in [-0.15, -0.1) is 24.8 Å². The third-order valence-corrected chi connectivity index (χ3v) is 2.91. The second-order valence-corrected chi connectivity index (χ2v) is 4.15. The molecule has 0 aromatic carbocycles. The van der Waals surface area contributed by atoms with Crippen molar-refractivity contribution in [2.45, 2.75) is 26.0 Å². The zero-order valence-corrected chi connectivity index (χ0v) is 12.3. The van der Waals surface area contributed by atoms with Gasteiger partial charge < -0.3 is 9.84 Å². The Hall–Kier alpha value is -0.890. The van der Waals surface area contributed by atoms with Crippen LogP contribution in [0.2, 0.25) is 0 Å². The molecular formula is C10H18Cl2N4O3. The summed E-state index contributed by atoms with van der Waals surface area (Å²) in [6, 6.07) is -0.513. The number of aromatic nitrogens is 3. The first-order valence-electron chi connectivity index (χ1n) is 5.55. The molecule has 1 aromatic heterocycles. The quantitative estimate of drug-likeness (QED) is 0.858. The van der Waals surface area contributed by atoms with Crippen LogP contribution in [0.25, 0.3) is 0 Å². The molecule has 1 saturated heterocycles. The Morgan fingerprint density at radius 3 is 2.79 bits per heavy atom. The number of hydrogen-bond donors (Lipinski definition) is 2. The van der Waals surface area contributed by atoms with Crippen LogP contribution in [0.5, 0.6) is 0 Å². The highest BCUT2D eigenvalue weighted by Gasteiger charge is 2.30. The Bertz CT molecular complexity index is 415. The van der Waals surface area contributed by atoms with E-state index >= 15 is 0 Å². The lowest BCUT2D eigenvalue weighted by molar-refractivity contribution is -0.146. The molecule has 1 fully saturated rings. The maximum Gasteiger partial charge on any atom is 0.320 e. The summed E-state index contributed by atoms with van der Waals surface area (Å²) in [5.74, 6) is 0.494. The second kappa shape index (κ2) is 7.64. The van der Waals surface area contributed by atoms with Gasteiger partial charge in [0, 0.05) is 13.1 Å². The van der Waals surface area contributed by atoms with Crippen LogP contribution >= 0.6 is 24.8 Å². The lowest BCUT2D eigenvalue weighted by Crippen LogP contribution is -2.47. The second-order valence-electron chi connectivity index (χ2n) is 4.15. The Kier molecular flexibility index (Phi) is 7.28. The number of carboxylic acid groups (broad SMARTS) is 1. The molecule has 0 bridgehead atoms. The molecule has 0 radical (unpaired) electrons. The summed E-state index contributed by atoms with van der Waals surface area (Å²) >= 11 is 0. The van der Waals surface area contributed by atoms with Crippen molar-refractivity contribution in [3.05, 3.63) is 11.6 Å². The zero-order valence-electron chi connectivity index (χ0n) is 10.7. The van der Waals surface area contributed by atoms with E-state index in [0.717, 1.165) is 5.82 Å². The number of halogens is 2. The number of carboxylic acids is 1. The smallest absolute Gasteiger partial charge is 0.320 e. The van der Waals surface area contributed by atoms with Crippen molar-refractivity contribution >= 4 is 30.8 Å². The number of aromatic amines is 1. The highest BCUT2D eigenvalue weighted by Crippen LogP contribution is 2.20. The Morgan fingerprint density at radius 1 is 1.58 bits per heavy atom. The summed E-state index contributed by atoms with van der Waals surface area (Å²) in [5, 5.41) is 15.8. The first kappa shape index (κ1) is 18.1. The Balaban J connectivity index is 0.00000162. The summed E-state index contributed by atoms with van der Waals surface area (Å²) < 4.78 is 5.56. The van der Waals surface area contributed by atoms with Gasteiger partial charge in [-0.05, 0) is 13.8 Å². The predicted molar refractivity (Wildman–Crippen MR) is 73.0 cm³/mol. The predicted octanol–water partition coefficient (Wildman–Crippen LogP) is 0.803. The van der Waals surface area contributed by atoms with E-state index in [4.69, 9.17) is 9.84 Å². The van der Waals surface area contributed by atoms with Gasteiger partial charge in [0.05, 0.1) is 6.61 Å². The van der Waals surface area contributed by atoms with Gasteiger partial charge in [0.15, 0.2) is 5.82 Å². The fourth-order valence-electron chi connectivity index (χ4n) is 1.84. The number of aliphatic carboxylic acids is 1. The van der Waals surface area contributed by atoms with Crippen molar-refractivity contribution in [2.75, 3.05) is 19.7 Å². The van der Waals surface area contributed by atoms with Gasteiger partial charge in [-0.2, -0.15) is 5.10 Å². The van der Waals surface area contributed by atoms with Crippen LogP contribution in [0.15, 0.2) is 0 Å². The van der Waals surface area contributed by atoms with Crippen LogP contribution in [-0.2, 0) is 9.53 Å². The van der Waals surface area contributed by atoms with Crippen molar-refractivity contribution < 1.29 is 14.6 Å². The maximum atomic E-state index is 10.9. The fraction of sp³-hybridized carbons (Fsp3) is 0.700. The standard InChI is InChI=1S/C10H16N4O3.2ClH/c1-6(10(15)16)14-3-4-17-8(5-14)9-11-7(2)12-13-9;;/h6,8H,3-5H2,1-2H3,(H,15,16)(H,11,12,13);2*1H. The van der Waals surface area contributed by atoms with E-state index in [-0.39, 0.29) is 30.9 Å². The van der Waals surface area contributed by atoms with Crippen molar-refractivity contribution in [2.24, 2.45) is 0 Å². The number of hydrogen-bond acceptors (Lipinski definition) is 5. The first-order valence-corrected chi connectivity index (χ1v) is 5.55. The molecule has 2 rings (SSSR count). The van der Waals surface area contributed by atoms with Gasteiger partial charge in [-0.25, -0.2) is 4.98 Å². The monoisotopic (exact) mass is 312 g/mol. The molecule has 110 valence electrons. The van der Waals surface area contributed by atoms with E-state index in [1.54, 1.807) is 6.92 Å². The number of H-pyrrole nitrogens is 1. The summed E-state index contributed by atoms with van der Waals surface area (Å²) in [5.41, 5.74) is 0. The normalized spacial score (nSPS) is 21.1. The number of nitrogens with one attached hydrogen (secondary N) is 1. The van der Waals surface area contributed by atoms with Gasteiger partial charge in [0.2, 0.25) is 0 Å². The van der Waals surface area contributed by atoms with Gasteiger partial charge >= 0.3 is 5.97 Å². The number of aryl methyl sites for hydroxylation is 1. The lowest BCUT2D eigenvalue weighted by Gasteiger charge is -2.33. The number of morpholine rings is 1. The minimum Gasteiger partial charge on any atom is -0.480 e. The van der Waals surface area contributed by atoms with Crippen LogP contribution in [0.1, 0.15) is 24.7 Å². The Labute approximate surface area is 123 Å². The molecule has 7 nitrogen and oxygen atoms in total. The summed E-state index contributed by atoms with van der Waals surface area (Å²) in [6.07, 6.45) is -0.254. The molecule has 1 aromatic rings. The number of carbonyl (C=O) groups is 1. The SMILES string of the molecule is Cc1nc(C2CN(C(C)C(=O)O)CCO2)n[nH]1.Cl.Cl. The van der Waals surface area contributed by atoms with E-state index in [2.05, 4.69) is 15.2 Å². The molecule has 1 aliphatic heterocycles. The van der Waals surface area contributed by atoms with E-state index in [0.29, 0.717) is 25.5 Å². The van der Waals surface area contributed by atoms with Crippen LogP contribution in [0.3, 0.4) is 0 Å². The number of rotatable bonds is 3. The zero-order chi connectivity index (χ0) is 12.4.